The molecule has 21 heavy (non-hydrogen) atoms. The normalized spacial score (nSPS) is 45.7. The van der Waals surface area contributed by atoms with E-state index >= 15 is 0 Å². The van der Waals surface area contributed by atoms with Crippen LogP contribution in [-0.4, -0.2) is 5.78 Å². The molecular weight excluding hydrogens is 256 g/mol. The molecule has 4 rings (SSSR count). The van der Waals surface area contributed by atoms with Crippen molar-refractivity contribution in [3.63, 3.8) is 0 Å². The number of hydrogen-bond acceptors (Lipinski definition) is 1. The van der Waals surface area contributed by atoms with Gasteiger partial charge in [0.25, 0.3) is 0 Å². The fraction of sp³-hybridized carbons (Fsp3) is 0.750. The van der Waals surface area contributed by atoms with E-state index in [0.29, 0.717) is 17.6 Å². The van der Waals surface area contributed by atoms with E-state index < -0.39 is 0 Å². The van der Waals surface area contributed by atoms with Crippen LogP contribution in [0.4, 0.5) is 0 Å². The van der Waals surface area contributed by atoms with Crippen molar-refractivity contribution in [1.82, 2.24) is 0 Å². The molecule has 0 bridgehead atoms. The fourth-order valence-electron chi connectivity index (χ4n) is 6.49. The van der Waals surface area contributed by atoms with Gasteiger partial charge in [-0.05, 0) is 75.0 Å². The Hall–Kier alpha value is -0.850. The summed E-state index contributed by atoms with van der Waals surface area (Å²) in [6, 6.07) is 0. The second kappa shape index (κ2) is 4.83. The second-order valence-electron chi connectivity index (χ2n) is 7.96. The zero-order valence-electron chi connectivity index (χ0n) is 13.4. The van der Waals surface area contributed by atoms with Gasteiger partial charge in [0.05, 0.1) is 0 Å². The molecule has 4 aliphatic rings. The lowest BCUT2D eigenvalue weighted by Gasteiger charge is -2.54. The number of rotatable bonds is 1. The maximum Gasteiger partial charge on any atom is 0.139 e. The first-order valence-corrected chi connectivity index (χ1v) is 9.07. The van der Waals surface area contributed by atoms with Crippen LogP contribution in [0.5, 0.6) is 0 Å². The Labute approximate surface area is 128 Å². The van der Waals surface area contributed by atoms with Crippen molar-refractivity contribution in [2.24, 2.45) is 29.1 Å². The third kappa shape index (κ3) is 1.79. The summed E-state index contributed by atoms with van der Waals surface area (Å²) in [7, 11) is 0. The Bertz CT molecular complexity index is 514. The number of hydrogen-bond donors (Lipinski definition) is 0. The molecule has 0 saturated heterocycles. The molecule has 0 aromatic rings. The molecule has 0 amide bonds. The topological polar surface area (TPSA) is 17.1 Å². The first-order chi connectivity index (χ1) is 10.2. The summed E-state index contributed by atoms with van der Waals surface area (Å²) >= 11 is 0. The molecule has 114 valence electrons. The van der Waals surface area contributed by atoms with Gasteiger partial charge in [-0.15, -0.1) is 0 Å². The first kappa shape index (κ1) is 13.8. The highest BCUT2D eigenvalue weighted by Crippen LogP contribution is 2.63. The highest BCUT2D eigenvalue weighted by atomic mass is 16.1. The van der Waals surface area contributed by atoms with E-state index in [1.165, 1.54) is 37.7 Å². The summed E-state index contributed by atoms with van der Waals surface area (Å²) in [6.45, 7) is 6.73. The van der Waals surface area contributed by atoms with Crippen LogP contribution in [0.15, 0.2) is 23.8 Å². The van der Waals surface area contributed by atoms with Crippen LogP contribution >= 0.6 is 0 Å². The number of carbonyl (C=O) groups excluding carboxylic acids is 1. The minimum atomic E-state index is -0.0197. The van der Waals surface area contributed by atoms with Crippen molar-refractivity contribution in [1.29, 1.82) is 0 Å². The summed E-state index contributed by atoms with van der Waals surface area (Å²) < 4.78 is 0. The number of carbonyl (C=O) groups is 1. The van der Waals surface area contributed by atoms with Crippen LogP contribution in [0, 0.1) is 29.1 Å². The molecule has 3 fully saturated rings. The van der Waals surface area contributed by atoms with Crippen molar-refractivity contribution in [2.75, 3.05) is 0 Å². The zero-order valence-corrected chi connectivity index (χ0v) is 13.4. The van der Waals surface area contributed by atoms with Crippen molar-refractivity contribution < 1.29 is 4.79 Å². The Kier molecular flexibility index (Phi) is 3.17. The molecule has 0 radical (unpaired) electrons. The van der Waals surface area contributed by atoms with Gasteiger partial charge in [-0.1, -0.05) is 30.7 Å². The molecule has 0 N–H and O–H groups in total. The largest absolute Gasteiger partial charge is 0.299 e. The molecule has 0 aromatic carbocycles. The summed E-state index contributed by atoms with van der Waals surface area (Å²) in [5.41, 5.74) is 3.14. The van der Waals surface area contributed by atoms with Crippen LogP contribution in [0.1, 0.15) is 64.7 Å². The molecule has 1 heteroatoms. The summed E-state index contributed by atoms with van der Waals surface area (Å²) in [6.07, 6.45) is 13.2. The van der Waals surface area contributed by atoms with Crippen LogP contribution < -0.4 is 0 Å². The molecule has 0 aromatic heterocycles. The van der Waals surface area contributed by atoms with Gasteiger partial charge >= 0.3 is 0 Å². The fourth-order valence-corrected chi connectivity index (χ4v) is 6.49. The van der Waals surface area contributed by atoms with E-state index in [1.807, 2.05) is 0 Å². The summed E-state index contributed by atoms with van der Waals surface area (Å²) in [4.78, 5) is 12.6. The van der Waals surface area contributed by atoms with Gasteiger partial charge in [0.2, 0.25) is 0 Å². The van der Waals surface area contributed by atoms with E-state index in [2.05, 4.69) is 19.6 Å². The quantitative estimate of drug-likeness (QED) is 0.614. The predicted octanol–water partition coefficient (Wildman–Crippen LogP) is 5.07. The molecular formula is C20H28O. The molecule has 5 atom stereocenters. The molecule has 0 heterocycles. The number of allylic oxidation sites excluding steroid dienone is 3. The highest BCUT2D eigenvalue weighted by Gasteiger charge is 2.58. The second-order valence-corrected chi connectivity index (χ2v) is 7.96. The van der Waals surface area contributed by atoms with Gasteiger partial charge in [0, 0.05) is 11.8 Å². The third-order valence-corrected chi connectivity index (χ3v) is 7.37. The minimum Gasteiger partial charge on any atom is -0.299 e. The van der Waals surface area contributed by atoms with Gasteiger partial charge in [-0.3, -0.25) is 4.79 Å². The molecule has 3 saturated carbocycles. The van der Waals surface area contributed by atoms with Gasteiger partial charge in [-0.2, -0.15) is 0 Å². The molecule has 4 aliphatic carbocycles. The minimum absolute atomic E-state index is 0.0197. The van der Waals surface area contributed by atoms with Crippen molar-refractivity contribution in [3.05, 3.63) is 23.8 Å². The Balaban J connectivity index is 1.72. The number of ketones is 1. The standard InChI is InChI=1S/C20H28O/c1-3-20-12-13(2)19-15-7-5-4-6-14(15)8-9-16(19)17(20)10-11-18(20)21/h6,15-17,19H,2-5,7-12H2,1H3/t15?,16?,17?,19?,20-/m0/s1. The Morgan fingerprint density at radius 2 is 2.14 bits per heavy atom. The average molecular weight is 284 g/mol. The molecule has 0 aliphatic heterocycles. The van der Waals surface area contributed by atoms with Gasteiger partial charge in [0.15, 0.2) is 0 Å². The average Bonchev–Trinajstić information content (AvgIpc) is 2.84. The van der Waals surface area contributed by atoms with Gasteiger partial charge < -0.3 is 0 Å². The molecule has 4 unspecified atom stereocenters. The molecule has 1 nitrogen and oxygen atoms in total. The Morgan fingerprint density at radius 1 is 1.29 bits per heavy atom. The van der Waals surface area contributed by atoms with Crippen LogP contribution in [0.3, 0.4) is 0 Å². The van der Waals surface area contributed by atoms with Crippen molar-refractivity contribution in [3.8, 4) is 0 Å². The smallest absolute Gasteiger partial charge is 0.139 e. The van der Waals surface area contributed by atoms with E-state index in [1.54, 1.807) is 5.57 Å². The first-order valence-electron chi connectivity index (χ1n) is 9.07. The lowest BCUT2D eigenvalue weighted by Crippen LogP contribution is -2.48. The predicted molar refractivity (Wildman–Crippen MR) is 85.9 cm³/mol. The van der Waals surface area contributed by atoms with Gasteiger partial charge in [0.1, 0.15) is 5.78 Å². The lowest BCUT2D eigenvalue weighted by atomic mass is 9.50. The van der Waals surface area contributed by atoms with Crippen molar-refractivity contribution in [2.45, 2.75) is 64.7 Å². The van der Waals surface area contributed by atoms with E-state index in [4.69, 9.17) is 0 Å². The monoisotopic (exact) mass is 284 g/mol. The van der Waals surface area contributed by atoms with Crippen molar-refractivity contribution >= 4 is 5.78 Å². The number of Topliss-reactive ketones (excluding diaryl/α,β-unsaturated/α-hetero) is 1. The molecule has 0 spiro atoms. The maximum absolute atomic E-state index is 12.6. The maximum atomic E-state index is 12.6. The summed E-state index contributed by atoms with van der Waals surface area (Å²) in [5.74, 6) is 3.43. The van der Waals surface area contributed by atoms with E-state index in [0.717, 1.165) is 37.5 Å². The van der Waals surface area contributed by atoms with Gasteiger partial charge in [-0.25, -0.2) is 0 Å². The SMILES string of the molecule is C=C1C[C@]2(CC)C(=O)CCC2C2CCC3=CCCCC3C12. The zero-order chi connectivity index (χ0) is 14.6. The van der Waals surface area contributed by atoms with E-state index in [9.17, 15) is 4.79 Å². The third-order valence-electron chi connectivity index (χ3n) is 7.37. The summed E-state index contributed by atoms with van der Waals surface area (Å²) in [5, 5.41) is 0. The van der Waals surface area contributed by atoms with Crippen LogP contribution in [-0.2, 0) is 4.79 Å². The van der Waals surface area contributed by atoms with Crippen LogP contribution in [0.25, 0.3) is 0 Å². The lowest BCUT2D eigenvalue weighted by molar-refractivity contribution is -0.130. The van der Waals surface area contributed by atoms with E-state index in [-0.39, 0.29) is 5.41 Å². The van der Waals surface area contributed by atoms with Crippen LogP contribution in [0.2, 0.25) is 0 Å². The highest BCUT2D eigenvalue weighted by molar-refractivity contribution is 5.88. The number of fused-ring (bicyclic) bond motifs is 5. The Morgan fingerprint density at radius 3 is 2.95 bits per heavy atom.